The van der Waals surface area contributed by atoms with Crippen molar-refractivity contribution in [1.82, 2.24) is 4.98 Å². The summed E-state index contributed by atoms with van der Waals surface area (Å²) in [4.78, 5) is 4.01. The van der Waals surface area contributed by atoms with Crippen LogP contribution in [0.4, 0.5) is 13.9 Å². The van der Waals surface area contributed by atoms with Crippen molar-refractivity contribution >= 4 is 26.5 Å². The van der Waals surface area contributed by atoms with Crippen LogP contribution in [0.2, 0.25) is 0 Å². The number of nitrogens with zero attached hydrogens (tertiary/aromatic N) is 1. The molecule has 3 rings (SSSR count). The summed E-state index contributed by atoms with van der Waals surface area (Å²) in [5, 5.41) is 8.50. The van der Waals surface area contributed by atoms with E-state index >= 15 is 0 Å². The molecule has 0 fully saturated rings. The summed E-state index contributed by atoms with van der Waals surface area (Å²) in [6.45, 7) is 0. The molecule has 3 aromatic rings. The Hall–Kier alpha value is -2.36. The molecule has 0 saturated heterocycles. The van der Waals surface area contributed by atoms with Gasteiger partial charge in [0.1, 0.15) is 11.6 Å². The van der Waals surface area contributed by atoms with Crippen molar-refractivity contribution in [2.24, 2.45) is 5.14 Å². The number of sulfonamides is 1. The summed E-state index contributed by atoms with van der Waals surface area (Å²) >= 11 is 0.875. The third-order valence-electron chi connectivity index (χ3n) is 3.94. The highest BCUT2D eigenvalue weighted by Crippen LogP contribution is 2.24. The van der Waals surface area contributed by atoms with Gasteiger partial charge >= 0.3 is 0 Å². The second kappa shape index (κ2) is 8.12. The van der Waals surface area contributed by atoms with Gasteiger partial charge in [-0.2, -0.15) is 0 Å². The Bertz CT molecular complexity index is 991. The third kappa shape index (κ3) is 5.09. The Balaban J connectivity index is 1.86. The van der Waals surface area contributed by atoms with Gasteiger partial charge in [-0.3, -0.25) is 0 Å². The Labute approximate surface area is 159 Å². The second-order valence-corrected chi connectivity index (χ2v) is 8.78. The van der Waals surface area contributed by atoms with Crippen molar-refractivity contribution in [3.63, 3.8) is 0 Å². The number of benzene rings is 2. The summed E-state index contributed by atoms with van der Waals surface area (Å²) in [6.07, 6.45) is 1.70. The van der Waals surface area contributed by atoms with E-state index in [0.717, 1.165) is 17.5 Å². The minimum absolute atomic E-state index is 0.0828. The lowest BCUT2D eigenvalue weighted by Gasteiger charge is -2.19. The third-order valence-corrected chi connectivity index (χ3v) is 6.28. The molecule has 0 amide bonds. The van der Waals surface area contributed by atoms with Crippen molar-refractivity contribution in [2.75, 3.05) is 5.32 Å². The summed E-state index contributed by atoms with van der Waals surface area (Å²) in [7, 11) is -3.85. The molecule has 1 heterocycles. The van der Waals surface area contributed by atoms with Gasteiger partial charge in [0.05, 0.1) is 6.20 Å². The van der Waals surface area contributed by atoms with E-state index in [1.165, 1.54) is 12.1 Å². The molecule has 5 nitrogen and oxygen atoms in total. The number of hydrogen-bond acceptors (Lipinski definition) is 5. The van der Waals surface area contributed by atoms with E-state index in [4.69, 9.17) is 5.14 Å². The molecule has 2 aromatic carbocycles. The Morgan fingerprint density at radius 3 is 1.96 bits per heavy atom. The first-order chi connectivity index (χ1) is 12.8. The predicted octanol–water partition coefficient (Wildman–Crippen LogP) is 3.33. The monoisotopic (exact) mass is 409 g/mol. The molecule has 27 heavy (non-hydrogen) atoms. The lowest BCUT2D eigenvalue weighted by Crippen LogP contribution is -2.26. The second-order valence-electron chi connectivity index (χ2n) is 5.96. The molecule has 0 aliphatic carbocycles. The van der Waals surface area contributed by atoms with Crippen LogP contribution in [0.5, 0.6) is 0 Å². The molecule has 1 aromatic heterocycles. The van der Waals surface area contributed by atoms with Gasteiger partial charge in [-0.25, -0.2) is 27.3 Å². The standard InChI is InChI=1S/C18H17F2N3O2S2/c19-15-7-3-1-5-12(15)9-14(10-13-6-2-4-8-16(13)20)23-18-22-11-17(26-18)27(21,24)25/h1-8,11,14H,9-10H2,(H,22,23)(H2,21,24,25). The fourth-order valence-electron chi connectivity index (χ4n) is 2.67. The first-order valence-electron chi connectivity index (χ1n) is 8.05. The van der Waals surface area contributed by atoms with Crippen LogP contribution in [0.1, 0.15) is 11.1 Å². The van der Waals surface area contributed by atoms with Gasteiger partial charge in [0, 0.05) is 6.04 Å². The summed E-state index contributed by atoms with van der Waals surface area (Å²) in [6, 6.07) is 12.3. The molecule has 3 N–H and O–H groups in total. The van der Waals surface area contributed by atoms with Crippen LogP contribution in [-0.4, -0.2) is 19.4 Å². The smallest absolute Gasteiger partial charge is 0.249 e. The quantitative estimate of drug-likeness (QED) is 0.627. The Morgan fingerprint density at radius 1 is 1.00 bits per heavy atom. The molecule has 0 bridgehead atoms. The van der Waals surface area contributed by atoms with Gasteiger partial charge in [-0.15, -0.1) is 0 Å². The van der Waals surface area contributed by atoms with E-state index in [-0.39, 0.29) is 28.7 Å². The molecule has 0 aliphatic rings. The van der Waals surface area contributed by atoms with Crippen LogP contribution in [0.25, 0.3) is 0 Å². The van der Waals surface area contributed by atoms with Gasteiger partial charge in [-0.05, 0) is 36.1 Å². The van der Waals surface area contributed by atoms with Gasteiger partial charge in [0.15, 0.2) is 9.34 Å². The Morgan fingerprint density at radius 2 is 1.52 bits per heavy atom. The number of primary sulfonamides is 1. The highest BCUT2D eigenvalue weighted by molar-refractivity contribution is 7.91. The summed E-state index contributed by atoms with van der Waals surface area (Å²) in [5.74, 6) is -0.718. The lowest BCUT2D eigenvalue weighted by molar-refractivity contribution is 0.577. The Kier molecular flexibility index (Phi) is 5.83. The lowest BCUT2D eigenvalue weighted by atomic mass is 9.98. The largest absolute Gasteiger partial charge is 0.358 e. The van der Waals surface area contributed by atoms with Crippen molar-refractivity contribution in [3.8, 4) is 0 Å². The van der Waals surface area contributed by atoms with Crippen LogP contribution < -0.4 is 10.5 Å². The number of halogens is 2. The molecule has 0 saturated carbocycles. The zero-order chi connectivity index (χ0) is 19.4. The van der Waals surface area contributed by atoms with E-state index in [1.807, 2.05) is 0 Å². The molecule has 0 unspecified atom stereocenters. The number of thiazole rings is 1. The minimum Gasteiger partial charge on any atom is -0.358 e. The van der Waals surface area contributed by atoms with Gasteiger partial charge in [0.25, 0.3) is 0 Å². The van der Waals surface area contributed by atoms with E-state index in [9.17, 15) is 17.2 Å². The fraction of sp³-hybridized carbons (Fsp3) is 0.167. The molecular weight excluding hydrogens is 392 g/mol. The van der Waals surface area contributed by atoms with Gasteiger partial charge < -0.3 is 5.32 Å². The SMILES string of the molecule is NS(=O)(=O)c1cnc(NC(Cc2ccccc2F)Cc2ccccc2F)s1. The van der Waals surface area contributed by atoms with Crippen LogP contribution >= 0.6 is 11.3 Å². The number of hydrogen-bond donors (Lipinski definition) is 2. The zero-order valence-electron chi connectivity index (χ0n) is 14.1. The first-order valence-corrected chi connectivity index (χ1v) is 10.4. The average Bonchev–Trinajstić information content (AvgIpc) is 3.08. The zero-order valence-corrected chi connectivity index (χ0v) is 15.7. The average molecular weight is 409 g/mol. The van der Waals surface area contributed by atoms with E-state index in [0.29, 0.717) is 16.3 Å². The molecule has 142 valence electrons. The normalized spacial score (nSPS) is 11.7. The van der Waals surface area contributed by atoms with E-state index in [2.05, 4.69) is 10.3 Å². The van der Waals surface area contributed by atoms with Crippen molar-refractivity contribution in [3.05, 3.63) is 77.5 Å². The van der Waals surface area contributed by atoms with Gasteiger partial charge in [0.2, 0.25) is 10.0 Å². The first kappa shape index (κ1) is 19.4. The molecule has 0 atom stereocenters. The number of nitrogens with two attached hydrogens (primary N) is 1. The number of rotatable bonds is 7. The molecule has 9 heteroatoms. The number of anilines is 1. The van der Waals surface area contributed by atoms with Crippen LogP contribution in [0.15, 0.2) is 58.9 Å². The van der Waals surface area contributed by atoms with Crippen LogP contribution in [0, 0.1) is 11.6 Å². The predicted molar refractivity (Wildman–Crippen MR) is 101 cm³/mol. The molecule has 0 spiro atoms. The topological polar surface area (TPSA) is 85.1 Å². The highest BCUT2D eigenvalue weighted by atomic mass is 32.2. The number of nitrogens with one attached hydrogen (secondary N) is 1. The van der Waals surface area contributed by atoms with Crippen molar-refractivity contribution in [1.29, 1.82) is 0 Å². The number of aromatic nitrogens is 1. The van der Waals surface area contributed by atoms with Crippen LogP contribution in [0.3, 0.4) is 0 Å². The van der Waals surface area contributed by atoms with Crippen molar-refractivity contribution in [2.45, 2.75) is 23.1 Å². The van der Waals surface area contributed by atoms with Crippen LogP contribution in [-0.2, 0) is 22.9 Å². The minimum atomic E-state index is -3.85. The maximum Gasteiger partial charge on any atom is 0.249 e. The fourth-order valence-corrected chi connectivity index (χ4v) is 4.19. The van der Waals surface area contributed by atoms with E-state index in [1.54, 1.807) is 36.4 Å². The maximum atomic E-state index is 14.1. The summed E-state index contributed by atoms with van der Waals surface area (Å²) < 4.78 is 50.9. The molecule has 0 aliphatic heterocycles. The molecular formula is C18H17F2N3O2S2. The van der Waals surface area contributed by atoms with E-state index < -0.39 is 16.1 Å². The molecule has 0 radical (unpaired) electrons. The van der Waals surface area contributed by atoms with Crippen molar-refractivity contribution < 1.29 is 17.2 Å². The highest BCUT2D eigenvalue weighted by Gasteiger charge is 2.18. The maximum absolute atomic E-state index is 14.1. The van der Waals surface area contributed by atoms with Gasteiger partial charge in [-0.1, -0.05) is 47.7 Å². The summed E-state index contributed by atoms with van der Waals surface area (Å²) in [5.41, 5.74) is 0.934.